The average molecular weight is 394 g/mol. The molecule has 2 amide bonds. The summed E-state index contributed by atoms with van der Waals surface area (Å²) in [4.78, 5) is 17.3. The first-order chi connectivity index (χ1) is 14.0. The molecule has 0 bridgehead atoms. The third kappa shape index (κ3) is 4.06. The molecule has 1 N–H and O–H groups in total. The molecular weight excluding hydrogens is 365 g/mol. The van der Waals surface area contributed by atoms with Crippen LogP contribution in [0.1, 0.15) is 32.3 Å². The van der Waals surface area contributed by atoms with Gasteiger partial charge in [0.15, 0.2) is 0 Å². The van der Waals surface area contributed by atoms with E-state index < -0.39 is 0 Å². The van der Waals surface area contributed by atoms with E-state index in [2.05, 4.69) is 30.1 Å². The zero-order valence-electron chi connectivity index (χ0n) is 17.1. The Morgan fingerprint density at radius 1 is 1.14 bits per heavy atom. The van der Waals surface area contributed by atoms with Crippen LogP contribution in [-0.2, 0) is 5.41 Å². The van der Waals surface area contributed by atoms with Gasteiger partial charge in [0.1, 0.15) is 5.82 Å². The fraction of sp³-hybridized carbons (Fsp3) is 0.375. The van der Waals surface area contributed by atoms with Crippen LogP contribution < -0.4 is 10.2 Å². The Morgan fingerprint density at radius 3 is 2.55 bits per heavy atom. The van der Waals surface area contributed by atoms with Crippen LogP contribution in [0.4, 0.5) is 20.6 Å². The van der Waals surface area contributed by atoms with Gasteiger partial charge in [-0.1, -0.05) is 29.8 Å². The number of carbonyl (C=O) groups excluding carboxylic acids is 1. The number of allylic oxidation sites excluding steroid dienone is 1. The number of anilines is 2. The molecule has 2 heterocycles. The molecule has 0 saturated carbocycles. The van der Waals surface area contributed by atoms with Crippen LogP contribution in [0.3, 0.4) is 0 Å². The molecule has 5 heteroatoms. The molecule has 2 aromatic rings. The van der Waals surface area contributed by atoms with Gasteiger partial charge in [0, 0.05) is 29.9 Å². The van der Waals surface area contributed by atoms with E-state index in [1.807, 2.05) is 30.3 Å². The molecule has 0 unspecified atom stereocenters. The van der Waals surface area contributed by atoms with Crippen LogP contribution in [0.5, 0.6) is 0 Å². The Bertz CT molecular complexity index is 913. The Labute approximate surface area is 172 Å². The second-order valence-electron chi connectivity index (χ2n) is 8.41. The number of fused-ring (bicyclic) bond motifs is 2. The van der Waals surface area contributed by atoms with Gasteiger partial charge in [0.05, 0.1) is 0 Å². The number of nitrogens with zero attached hydrogens (tertiary/aromatic N) is 2. The zero-order chi connectivity index (χ0) is 20.4. The minimum atomic E-state index is -0.236. The van der Waals surface area contributed by atoms with Crippen molar-refractivity contribution in [3.63, 3.8) is 0 Å². The summed E-state index contributed by atoms with van der Waals surface area (Å²) < 4.78 is 14.1. The van der Waals surface area contributed by atoms with Crippen molar-refractivity contribution in [3.8, 4) is 0 Å². The number of hydrogen-bond donors (Lipinski definition) is 1. The van der Waals surface area contributed by atoms with E-state index in [-0.39, 0.29) is 17.3 Å². The van der Waals surface area contributed by atoms with E-state index in [1.54, 1.807) is 17.0 Å². The van der Waals surface area contributed by atoms with Crippen LogP contribution in [0.15, 0.2) is 60.2 Å². The molecule has 0 aromatic heterocycles. The molecule has 0 atom stereocenters. The molecule has 1 fully saturated rings. The maximum absolute atomic E-state index is 14.1. The first-order valence-electron chi connectivity index (χ1n) is 10.3. The quantitative estimate of drug-likeness (QED) is 0.730. The lowest BCUT2D eigenvalue weighted by atomic mass is 9.74. The summed E-state index contributed by atoms with van der Waals surface area (Å²) in [5.74, 6) is -0.236. The average Bonchev–Trinajstić information content (AvgIpc) is 3.02. The number of amides is 2. The van der Waals surface area contributed by atoms with Gasteiger partial charge in [0.25, 0.3) is 0 Å². The minimum absolute atomic E-state index is 0.159. The summed E-state index contributed by atoms with van der Waals surface area (Å²) in [7, 11) is 0. The fourth-order valence-corrected chi connectivity index (χ4v) is 4.44. The molecule has 0 radical (unpaired) electrons. The normalized spacial score (nSPS) is 17.8. The summed E-state index contributed by atoms with van der Waals surface area (Å²) in [6.07, 6.45) is 4.10. The topological polar surface area (TPSA) is 35.6 Å². The van der Waals surface area contributed by atoms with Crippen LogP contribution in [0.25, 0.3) is 0 Å². The second kappa shape index (κ2) is 7.99. The highest BCUT2D eigenvalue weighted by Crippen LogP contribution is 2.47. The van der Waals surface area contributed by atoms with Crippen molar-refractivity contribution >= 4 is 17.4 Å². The van der Waals surface area contributed by atoms with E-state index in [9.17, 15) is 9.18 Å². The number of benzene rings is 2. The van der Waals surface area contributed by atoms with Crippen molar-refractivity contribution < 1.29 is 9.18 Å². The monoisotopic (exact) mass is 393 g/mol. The van der Waals surface area contributed by atoms with Gasteiger partial charge in [-0.05, 0) is 75.7 Å². The number of rotatable bonds is 3. The third-order valence-corrected chi connectivity index (χ3v) is 6.12. The predicted molar refractivity (Wildman–Crippen MR) is 116 cm³/mol. The number of hydrogen-bond acceptors (Lipinski definition) is 2. The van der Waals surface area contributed by atoms with Crippen molar-refractivity contribution in [2.75, 3.05) is 36.4 Å². The molecule has 0 aliphatic carbocycles. The molecule has 2 aliphatic rings. The van der Waals surface area contributed by atoms with Crippen LogP contribution >= 0.6 is 0 Å². The first kappa shape index (κ1) is 19.6. The van der Waals surface area contributed by atoms with Gasteiger partial charge >= 0.3 is 6.03 Å². The number of nitrogens with one attached hydrogen (secondary N) is 1. The summed E-state index contributed by atoms with van der Waals surface area (Å²) in [6, 6.07) is 14.1. The number of carbonyl (C=O) groups is 1. The smallest absolute Gasteiger partial charge is 0.308 e. The summed E-state index contributed by atoms with van der Waals surface area (Å²) >= 11 is 0. The SMILES string of the molecule is CC(C)=CCN1CCC2(CC1)CN(C(=O)Nc1ccccc1)c1ccc(F)cc12. The second-order valence-corrected chi connectivity index (χ2v) is 8.41. The van der Waals surface area contributed by atoms with Crippen molar-refractivity contribution in [2.24, 2.45) is 0 Å². The van der Waals surface area contributed by atoms with Crippen molar-refractivity contribution in [1.82, 2.24) is 4.90 Å². The van der Waals surface area contributed by atoms with E-state index in [0.29, 0.717) is 6.54 Å². The van der Waals surface area contributed by atoms with Crippen LogP contribution in [0.2, 0.25) is 0 Å². The van der Waals surface area contributed by atoms with Crippen LogP contribution in [0, 0.1) is 5.82 Å². The molecular formula is C24H28FN3O. The van der Waals surface area contributed by atoms with Gasteiger partial charge in [-0.2, -0.15) is 0 Å². The number of halogens is 1. The van der Waals surface area contributed by atoms with Gasteiger partial charge in [0.2, 0.25) is 0 Å². The van der Waals surface area contributed by atoms with Crippen molar-refractivity contribution in [2.45, 2.75) is 32.1 Å². The Hall–Kier alpha value is -2.66. The molecule has 29 heavy (non-hydrogen) atoms. The third-order valence-electron chi connectivity index (χ3n) is 6.12. The van der Waals surface area contributed by atoms with Gasteiger partial charge in [-0.3, -0.25) is 9.80 Å². The summed E-state index contributed by atoms with van der Waals surface area (Å²) in [6.45, 7) is 7.69. The molecule has 4 nitrogen and oxygen atoms in total. The number of urea groups is 1. The standard InChI is InChI=1S/C24H28FN3O/c1-18(2)10-13-27-14-11-24(12-15-27)17-28(22-9-8-19(25)16-21(22)24)23(29)26-20-6-4-3-5-7-20/h3-10,16H,11-15,17H2,1-2H3,(H,26,29). The molecule has 1 saturated heterocycles. The Morgan fingerprint density at radius 2 is 1.86 bits per heavy atom. The first-order valence-corrected chi connectivity index (χ1v) is 10.3. The highest BCUT2D eigenvalue weighted by Gasteiger charge is 2.46. The molecule has 4 rings (SSSR count). The maximum atomic E-state index is 14.1. The van der Waals surface area contributed by atoms with Crippen LogP contribution in [-0.4, -0.2) is 37.1 Å². The number of piperidine rings is 1. The molecule has 2 aromatic carbocycles. The summed E-state index contributed by atoms with van der Waals surface area (Å²) in [5, 5.41) is 2.98. The lowest BCUT2D eigenvalue weighted by Crippen LogP contribution is -2.46. The molecule has 2 aliphatic heterocycles. The maximum Gasteiger partial charge on any atom is 0.326 e. The predicted octanol–water partition coefficient (Wildman–Crippen LogP) is 5.18. The summed E-state index contributed by atoms with van der Waals surface area (Å²) in [5.41, 5.74) is 3.72. The molecule has 1 spiro atoms. The largest absolute Gasteiger partial charge is 0.326 e. The zero-order valence-corrected chi connectivity index (χ0v) is 17.1. The molecule has 152 valence electrons. The van der Waals surface area contributed by atoms with E-state index in [4.69, 9.17) is 0 Å². The minimum Gasteiger partial charge on any atom is -0.308 e. The Balaban J connectivity index is 1.56. The lowest BCUT2D eigenvalue weighted by Gasteiger charge is -2.39. The van der Waals surface area contributed by atoms with Crippen molar-refractivity contribution in [3.05, 3.63) is 71.6 Å². The Kier molecular flexibility index (Phi) is 5.41. The highest BCUT2D eigenvalue weighted by molar-refractivity contribution is 6.03. The van der Waals surface area contributed by atoms with Crippen molar-refractivity contribution in [1.29, 1.82) is 0 Å². The van der Waals surface area contributed by atoms with E-state index in [0.717, 1.165) is 49.4 Å². The lowest BCUT2D eigenvalue weighted by molar-refractivity contribution is 0.180. The van der Waals surface area contributed by atoms with Gasteiger partial charge in [-0.15, -0.1) is 0 Å². The van der Waals surface area contributed by atoms with E-state index in [1.165, 1.54) is 11.6 Å². The number of likely N-dealkylation sites (tertiary alicyclic amines) is 1. The fourth-order valence-electron chi connectivity index (χ4n) is 4.44. The van der Waals surface area contributed by atoms with Gasteiger partial charge < -0.3 is 5.32 Å². The highest BCUT2D eigenvalue weighted by atomic mass is 19.1. The van der Waals surface area contributed by atoms with Gasteiger partial charge in [-0.25, -0.2) is 9.18 Å². The van der Waals surface area contributed by atoms with E-state index >= 15 is 0 Å². The number of para-hydroxylation sites is 1.